The van der Waals surface area contributed by atoms with Crippen LogP contribution in [0.2, 0.25) is 0 Å². The van der Waals surface area contributed by atoms with Crippen LogP contribution in [-0.2, 0) is 6.42 Å². The average Bonchev–Trinajstić information content (AvgIpc) is 2.95. The Labute approximate surface area is 118 Å². The van der Waals surface area contributed by atoms with E-state index in [0.29, 0.717) is 11.5 Å². The average molecular weight is 259 g/mol. The summed E-state index contributed by atoms with van der Waals surface area (Å²) in [5, 5.41) is 3.77. The number of benzene rings is 1. The molecule has 19 heavy (non-hydrogen) atoms. The second-order valence-electron chi connectivity index (χ2n) is 6.01. The van der Waals surface area contributed by atoms with Gasteiger partial charge in [-0.25, -0.2) is 0 Å². The van der Waals surface area contributed by atoms with Crippen LogP contribution in [0, 0.1) is 5.41 Å². The number of aryl methyl sites for hydroxylation is 1. The molecule has 0 saturated heterocycles. The first-order valence-electron chi connectivity index (χ1n) is 8.08. The van der Waals surface area contributed by atoms with Crippen LogP contribution in [-0.4, -0.2) is 6.54 Å². The van der Waals surface area contributed by atoms with E-state index >= 15 is 0 Å². The van der Waals surface area contributed by atoms with Crippen LogP contribution >= 0.6 is 0 Å². The van der Waals surface area contributed by atoms with E-state index in [4.69, 9.17) is 0 Å². The summed E-state index contributed by atoms with van der Waals surface area (Å²) in [4.78, 5) is 0. The maximum Gasteiger partial charge on any atom is 0.0376 e. The van der Waals surface area contributed by atoms with E-state index in [0.717, 1.165) is 13.0 Å². The second kappa shape index (κ2) is 6.56. The van der Waals surface area contributed by atoms with E-state index in [9.17, 15) is 0 Å². The molecule has 1 heteroatoms. The number of hydrogen-bond acceptors (Lipinski definition) is 1. The van der Waals surface area contributed by atoms with Gasteiger partial charge in [0, 0.05) is 6.04 Å². The fourth-order valence-electron chi connectivity index (χ4n) is 3.76. The van der Waals surface area contributed by atoms with Crippen LogP contribution < -0.4 is 5.32 Å². The Kier molecular flexibility index (Phi) is 5.04. The zero-order valence-electron chi connectivity index (χ0n) is 12.8. The molecule has 1 N–H and O–H groups in total. The maximum atomic E-state index is 3.77. The molecule has 0 bridgehead atoms. The fourth-order valence-corrected chi connectivity index (χ4v) is 3.76. The first-order chi connectivity index (χ1) is 9.25. The minimum absolute atomic E-state index is 0.490. The lowest BCUT2D eigenvalue weighted by atomic mass is 9.73. The highest BCUT2D eigenvalue weighted by Crippen LogP contribution is 2.49. The van der Waals surface area contributed by atoms with Gasteiger partial charge in [0.05, 0.1) is 0 Å². The molecule has 0 aliphatic heterocycles. The van der Waals surface area contributed by atoms with Crippen molar-refractivity contribution in [2.75, 3.05) is 6.54 Å². The first-order valence-corrected chi connectivity index (χ1v) is 8.08. The molecule has 1 atom stereocenters. The lowest BCUT2D eigenvalue weighted by molar-refractivity contribution is 0.189. The summed E-state index contributed by atoms with van der Waals surface area (Å²) in [6, 6.07) is 9.84. The molecule has 0 aromatic heterocycles. The Morgan fingerprint density at radius 3 is 2.16 bits per heavy atom. The SMILES string of the molecule is CCNC(c1ccc(CC)cc1)C1(CC)CCCC1. The van der Waals surface area contributed by atoms with Crippen molar-refractivity contribution in [3.8, 4) is 0 Å². The minimum Gasteiger partial charge on any atom is -0.310 e. The summed E-state index contributed by atoms with van der Waals surface area (Å²) < 4.78 is 0. The standard InChI is InChI=1S/C18H29N/c1-4-15-9-11-16(12-10-15)17(19-6-3)18(5-2)13-7-8-14-18/h9-12,17,19H,4-8,13-14H2,1-3H3. The molecule has 1 fully saturated rings. The Morgan fingerprint density at radius 1 is 1.05 bits per heavy atom. The third-order valence-electron chi connectivity index (χ3n) is 5.05. The highest BCUT2D eigenvalue weighted by molar-refractivity contribution is 5.27. The van der Waals surface area contributed by atoms with Gasteiger partial charge in [0.25, 0.3) is 0 Å². The van der Waals surface area contributed by atoms with Crippen molar-refractivity contribution < 1.29 is 0 Å². The summed E-state index contributed by atoms with van der Waals surface area (Å²) in [6.45, 7) is 7.88. The van der Waals surface area contributed by atoms with E-state index in [-0.39, 0.29) is 0 Å². The smallest absolute Gasteiger partial charge is 0.0376 e. The Balaban J connectivity index is 2.27. The Morgan fingerprint density at radius 2 is 1.68 bits per heavy atom. The number of rotatable bonds is 6. The van der Waals surface area contributed by atoms with E-state index in [2.05, 4.69) is 50.4 Å². The third kappa shape index (κ3) is 3.02. The highest BCUT2D eigenvalue weighted by Gasteiger charge is 2.39. The molecule has 0 spiro atoms. The quantitative estimate of drug-likeness (QED) is 0.768. The first kappa shape index (κ1) is 14.6. The van der Waals surface area contributed by atoms with Gasteiger partial charge in [-0.3, -0.25) is 0 Å². The van der Waals surface area contributed by atoms with Crippen molar-refractivity contribution in [1.29, 1.82) is 0 Å². The summed E-state index contributed by atoms with van der Waals surface area (Å²) in [5.41, 5.74) is 3.42. The lowest BCUT2D eigenvalue weighted by Crippen LogP contribution is -2.36. The summed E-state index contributed by atoms with van der Waals surface area (Å²) in [6.07, 6.45) is 8.00. The zero-order chi connectivity index (χ0) is 13.7. The molecular formula is C18H29N. The normalized spacial score (nSPS) is 19.5. The van der Waals surface area contributed by atoms with Crippen LogP contribution in [0.25, 0.3) is 0 Å². The topological polar surface area (TPSA) is 12.0 Å². The van der Waals surface area contributed by atoms with Crippen LogP contribution in [0.4, 0.5) is 0 Å². The second-order valence-corrected chi connectivity index (χ2v) is 6.01. The molecule has 1 nitrogen and oxygen atoms in total. The van der Waals surface area contributed by atoms with Gasteiger partial charge in [-0.15, -0.1) is 0 Å². The van der Waals surface area contributed by atoms with Gasteiger partial charge in [-0.1, -0.05) is 57.9 Å². The molecule has 1 saturated carbocycles. The molecule has 1 unspecified atom stereocenters. The Bertz CT molecular complexity index is 373. The largest absolute Gasteiger partial charge is 0.310 e. The lowest BCUT2D eigenvalue weighted by Gasteiger charge is -2.38. The van der Waals surface area contributed by atoms with Gasteiger partial charge in [0.2, 0.25) is 0 Å². The molecule has 1 aromatic carbocycles. The van der Waals surface area contributed by atoms with Gasteiger partial charge < -0.3 is 5.32 Å². The van der Waals surface area contributed by atoms with Gasteiger partial charge in [0.15, 0.2) is 0 Å². The van der Waals surface area contributed by atoms with E-state index in [1.165, 1.54) is 43.2 Å². The molecule has 1 aliphatic rings. The predicted molar refractivity (Wildman–Crippen MR) is 83.4 cm³/mol. The molecule has 2 rings (SSSR count). The van der Waals surface area contributed by atoms with Crippen molar-refractivity contribution in [1.82, 2.24) is 5.32 Å². The van der Waals surface area contributed by atoms with Crippen LogP contribution in [0.1, 0.15) is 70.0 Å². The highest BCUT2D eigenvalue weighted by atomic mass is 14.9. The molecule has 1 aliphatic carbocycles. The summed E-state index contributed by atoms with van der Waals surface area (Å²) >= 11 is 0. The van der Waals surface area contributed by atoms with Gasteiger partial charge in [0.1, 0.15) is 0 Å². The van der Waals surface area contributed by atoms with E-state index in [1.54, 1.807) is 0 Å². The molecular weight excluding hydrogens is 230 g/mol. The minimum atomic E-state index is 0.490. The van der Waals surface area contributed by atoms with Gasteiger partial charge in [-0.05, 0) is 48.8 Å². The van der Waals surface area contributed by atoms with E-state index < -0.39 is 0 Å². The van der Waals surface area contributed by atoms with Crippen molar-refractivity contribution in [2.45, 2.75) is 65.3 Å². The molecule has 106 valence electrons. The molecule has 0 radical (unpaired) electrons. The maximum absolute atomic E-state index is 3.77. The number of hydrogen-bond donors (Lipinski definition) is 1. The monoisotopic (exact) mass is 259 g/mol. The van der Waals surface area contributed by atoms with Crippen LogP contribution in [0.3, 0.4) is 0 Å². The van der Waals surface area contributed by atoms with Gasteiger partial charge in [-0.2, -0.15) is 0 Å². The predicted octanol–water partition coefficient (Wildman–Crippen LogP) is 4.87. The zero-order valence-corrected chi connectivity index (χ0v) is 12.8. The Hall–Kier alpha value is -0.820. The molecule has 0 heterocycles. The van der Waals surface area contributed by atoms with Crippen LogP contribution in [0.15, 0.2) is 24.3 Å². The summed E-state index contributed by atoms with van der Waals surface area (Å²) in [5.74, 6) is 0. The number of nitrogens with one attached hydrogen (secondary N) is 1. The fraction of sp³-hybridized carbons (Fsp3) is 0.667. The summed E-state index contributed by atoms with van der Waals surface area (Å²) in [7, 11) is 0. The van der Waals surface area contributed by atoms with Crippen molar-refractivity contribution >= 4 is 0 Å². The van der Waals surface area contributed by atoms with E-state index in [1.807, 2.05) is 0 Å². The van der Waals surface area contributed by atoms with Crippen molar-refractivity contribution in [2.24, 2.45) is 5.41 Å². The van der Waals surface area contributed by atoms with Crippen LogP contribution in [0.5, 0.6) is 0 Å². The van der Waals surface area contributed by atoms with Crippen molar-refractivity contribution in [3.05, 3.63) is 35.4 Å². The van der Waals surface area contributed by atoms with Crippen molar-refractivity contribution in [3.63, 3.8) is 0 Å². The molecule has 0 amide bonds. The van der Waals surface area contributed by atoms with Gasteiger partial charge >= 0.3 is 0 Å². The third-order valence-corrected chi connectivity index (χ3v) is 5.05. The molecule has 1 aromatic rings.